The first-order chi connectivity index (χ1) is 8.23. The summed E-state index contributed by atoms with van der Waals surface area (Å²) in [5, 5.41) is 0.717. The third-order valence-electron chi connectivity index (χ3n) is 2.70. The second-order valence-corrected chi connectivity index (χ2v) is 8.15. The summed E-state index contributed by atoms with van der Waals surface area (Å²) in [5.74, 6) is 0.316. The van der Waals surface area contributed by atoms with Crippen LogP contribution in [-0.2, 0) is 11.4 Å². The topological polar surface area (TPSA) is 35.1 Å². The zero-order valence-electron chi connectivity index (χ0n) is 11.7. The number of hydrogen-bond acceptors (Lipinski definition) is 2. The molecule has 1 aromatic rings. The largest absolute Gasteiger partial charge is 0.598 e. The van der Waals surface area contributed by atoms with E-state index < -0.39 is 11.4 Å². The highest BCUT2D eigenvalue weighted by Crippen LogP contribution is 2.30. The van der Waals surface area contributed by atoms with Crippen molar-refractivity contribution < 1.29 is 4.55 Å². The molecule has 18 heavy (non-hydrogen) atoms. The van der Waals surface area contributed by atoms with Gasteiger partial charge in [0.15, 0.2) is 0 Å². The lowest BCUT2D eigenvalue weighted by atomic mass is 9.97. The third-order valence-corrected chi connectivity index (χ3v) is 4.62. The van der Waals surface area contributed by atoms with Crippen LogP contribution >= 0.6 is 11.6 Å². The fraction of sp³-hybridized carbons (Fsp3) is 0.571. The number of benzene rings is 1. The van der Waals surface area contributed by atoms with Crippen LogP contribution in [0.5, 0.6) is 0 Å². The van der Waals surface area contributed by atoms with Crippen LogP contribution in [0.25, 0.3) is 0 Å². The highest BCUT2D eigenvalue weighted by molar-refractivity contribution is 7.90. The van der Waals surface area contributed by atoms with E-state index >= 15 is 0 Å². The van der Waals surface area contributed by atoms with E-state index in [4.69, 9.17) is 11.6 Å². The number of hydrogen-bond donors (Lipinski definition) is 1. The molecule has 0 aromatic heterocycles. The Morgan fingerprint density at radius 2 is 1.78 bits per heavy atom. The fourth-order valence-corrected chi connectivity index (χ4v) is 2.81. The molecule has 1 aromatic carbocycles. The molecule has 0 heterocycles. The van der Waals surface area contributed by atoms with E-state index in [9.17, 15) is 4.55 Å². The van der Waals surface area contributed by atoms with Crippen LogP contribution in [0.2, 0.25) is 5.02 Å². The van der Waals surface area contributed by atoms with Crippen LogP contribution < -0.4 is 4.72 Å². The Morgan fingerprint density at radius 1 is 1.22 bits per heavy atom. The molecular formula is C14H22ClNOS. The van der Waals surface area contributed by atoms with Crippen molar-refractivity contribution >= 4 is 23.0 Å². The standard InChI is InChI=1S/C14H22ClNOS/c1-10(2)13(16-18(17)14(3,4)5)11-8-6-7-9-12(11)15/h6-10,13,16H,1-5H3/t13-,18+/m0/s1. The van der Waals surface area contributed by atoms with Gasteiger partial charge in [0.1, 0.15) is 4.75 Å². The number of rotatable bonds is 4. The van der Waals surface area contributed by atoms with Gasteiger partial charge in [-0.05, 0) is 38.3 Å². The van der Waals surface area contributed by atoms with Crippen LogP contribution in [0, 0.1) is 5.92 Å². The molecule has 0 aliphatic rings. The van der Waals surface area contributed by atoms with Crippen molar-refractivity contribution in [3.05, 3.63) is 34.9 Å². The summed E-state index contributed by atoms with van der Waals surface area (Å²) < 4.78 is 15.1. The normalized spacial score (nSPS) is 15.8. The van der Waals surface area contributed by atoms with E-state index in [2.05, 4.69) is 18.6 Å². The maximum Gasteiger partial charge on any atom is 0.136 e. The van der Waals surface area contributed by atoms with Gasteiger partial charge >= 0.3 is 0 Å². The molecule has 0 radical (unpaired) electrons. The molecule has 2 atom stereocenters. The summed E-state index contributed by atoms with van der Waals surface area (Å²) in [7, 11) is 0. The van der Waals surface area contributed by atoms with Gasteiger partial charge in [0, 0.05) is 16.4 Å². The molecule has 0 saturated carbocycles. The van der Waals surface area contributed by atoms with Crippen LogP contribution in [0.15, 0.2) is 24.3 Å². The van der Waals surface area contributed by atoms with Gasteiger partial charge in [-0.3, -0.25) is 0 Å². The summed E-state index contributed by atoms with van der Waals surface area (Å²) in [6.07, 6.45) is 0. The van der Waals surface area contributed by atoms with E-state index in [1.54, 1.807) is 0 Å². The molecule has 1 rings (SSSR count). The SMILES string of the molecule is CC(C)[C@H](N[S@+]([O-])C(C)(C)C)c1ccccc1Cl. The Kier molecular flexibility index (Phi) is 5.53. The predicted molar refractivity (Wildman–Crippen MR) is 80.1 cm³/mol. The van der Waals surface area contributed by atoms with E-state index in [1.165, 1.54) is 0 Å². The molecule has 1 N–H and O–H groups in total. The molecule has 0 bridgehead atoms. The molecule has 2 nitrogen and oxygen atoms in total. The number of nitrogens with one attached hydrogen (secondary N) is 1. The van der Waals surface area contributed by atoms with Crippen molar-refractivity contribution in [2.45, 2.75) is 45.4 Å². The van der Waals surface area contributed by atoms with Crippen molar-refractivity contribution in [1.82, 2.24) is 4.72 Å². The number of halogens is 1. The van der Waals surface area contributed by atoms with Crippen molar-refractivity contribution in [2.75, 3.05) is 0 Å². The molecule has 0 aliphatic carbocycles. The Balaban J connectivity index is 2.95. The maximum atomic E-state index is 12.2. The lowest BCUT2D eigenvalue weighted by molar-refractivity contribution is 0.452. The van der Waals surface area contributed by atoms with Crippen LogP contribution in [0.4, 0.5) is 0 Å². The Morgan fingerprint density at radius 3 is 2.22 bits per heavy atom. The van der Waals surface area contributed by atoms with Crippen LogP contribution in [0.3, 0.4) is 0 Å². The summed E-state index contributed by atoms with van der Waals surface area (Å²) >= 11 is 5.12. The second-order valence-electron chi connectivity index (χ2n) is 5.74. The van der Waals surface area contributed by atoms with Crippen LogP contribution in [-0.4, -0.2) is 9.30 Å². The van der Waals surface area contributed by atoms with E-state index in [0.717, 1.165) is 10.6 Å². The molecule has 4 heteroatoms. The molecule has 0 spiro atoms. The first kappa shape index (κ1) is 15.8. The Labute approximate surface area is 118 Å². The van der Waals surface area contributed by atoms with E-state index in [1.807, 2.05) is 45.0 Å². The fourth-order valence-electron chi connectivity index (χ4n) is 1.58. The molecule has 0 aliphatic heterocycles. The third kappa shape index (κ3) is 4.16. The Bertz CT molecular complexity index is 390. The highest BCUT2D eigenvalue weighted by atomic mass is 35.5. The van der Waals surface area contributed by atoms with Gasteiger partial charge in [-0.2, -0.15) is 0 Å². The first-order valence-electron chi connectivity index (χ1n) is 6.16. The minimum absolute atomic E-state index is 0.00115. The maximum absolute atomic E-state index is 12.2. The Hall–Kier alpha value is -0.220. The molecule has 0 saturated heterocycles. The van der Waals surface area contributed by atoms with E-state index in [0.29, 0.717) is 5.92 Å². The average molecular weight is 288 g/mol. The predicted octanol–water partition coefficient (Wildman–Crippen LogP) is 4.09. The van der Waals surface area contributed by atoms with Gasteiger partial charge in [-0.25, -0.2) is 0 Å². The summed E-state index contributed by atoms with van der Waals surface area (Å²) in [6.45, 7) is 10.1. The van der Waals surface area contributed by atoms with Crippen LogP contribution in [0.1, 0.15) is 46.2 Å². The van der Waals surface area contributed by atoms with Gasteiger partial charge in [-0.1, -0.05) is 43.6 Å². The lowest BCUT2D eigenvalue weighted by Gasteiger charge is -2.30. The quantitative estimate of drug-likeness (QED) is 0.847. The smallest absolute Gasteiger partial charge is 0.136 e. The monoisotopic (exact) mass is 287 g/mol. The summed E-state index contributed by atoms with van der Waals surface area (Å²) in [5.41, 5.74) is 1.01. The van der Waals surface area contributed by atoms with Crippen molar-refractivity contribution in [1.29, 1.82) is 0 Å². The molecule has 0 unspecified atom stereocenters. The molecule has 0 fully saturated rings. The van der Waals surface area contributed by atoms with Crippen molar-refractivity contribution in [3.63, 3.8) is 0 Å². The zero-order valence-corrected chi connectivity index (χ0v) is 13.2. The minimum atomic E-state index is -1.11. The van der Waals surface area contributed by atoms with Crippen molar-refractivity contribution in [2.24, 2.45) is 5.92 Å². The minimum Gasteiger partial charge on any atom is -0.598 e. The van der Waals surface area contributed by atoms with Gasteiger partial charge in [0.2, 0.25) is 0 Å². The van der Waals surface area contributed by atoms with Crippen molar-refractivity contribution in [3.8, 4) is 0 Å². The lowest BCUT2D eigenvalue weighted by Crippen LogP contribution is -2.42. The molecule has 102 valence electrons. The highest BCUT2D eigenvalue weighted by Gasteiger charge is 2.31. The summed E-state index contributed by atoms with van der Waals surface area (Å²) in [6, 6.07) is 7.72. The van der Waals surface area contributed by atoms with E-state index in [-0.39, 0.29) is 10.8 Å². The van der Waals surface area contributed by atoms with Gasteiger partial charge in [0.25, 0.3) is 0 Å². The molecule has 0 amide bonds. The first-order valence-corrected chi connectivity index (χ1v) is 7.68. The second kappa shape index (κ2) is 6.29. The molecular weight excluding hydrogens is 266 g/mol. The summed E-state index contributed by atoms with van der Waals surface area (Å²) in [4.78, 5) is 0. The van der Waals surface area contributed by atoms with Gasteiger partial charge < -0.3 is 4.55 Å². The van der Waals surface area contributed by atoms with Gasteiger partial charge in [0.05, 0.1) is 6.04 Å². The van der Waals surface area contributed by atoms with Gasteiger partial charge in [-0.15, -0.1) is 4.72 Å². The zero-order chi connectivity index (χ0) is 13.9. The average Bonchev–Trinajstić information content (AvgIpc) is 2.25.